The number of pyridine rings is 1. The lowest BCUT2D eigenvalue weighted by Crippen LogP contribution is -2.58. The van der Waals surface area contributed by atoms with E-state index in [0.717, 1.165) is 19.6 Å². The smallest absolute Gasteiger partial charge is 0.272 e. The van der Waals surface area contributed by atoms with E-state index in [9.17, 15) is 4.79 Å². The van der Waals surface area contributed by atoms with E-state index in [2.05, 4.69) is 24.1 Å². The van der Waals surface area contributed by atoms with Crippen LogP contribution in [-0.4, -0.2) is 41.0 Å². The second-order valence-corrected chi connectivity index (χ2v) is 4.75. The molecule has 1 aromatic rings. The quantitative estimate of drug-likeness (QED) is 0.824. The molecule has 0 aromatic carbocycles. The van der Waals surface area contributed by atoms with Crippen LogP contribution in [0.4, 0.5) is 0 Å². The fraction of sp³-hybridized carbons (Fsp3) is 0.500. The van der Waals surface area contributed by atoms with Gasteiger partial charge in [-0.1, -0.05) is 6.07 Å². The molecule has 0 aliphatic carbocycles. The monoisotopic (exact) mass is 255 g/mol. The van der Waals surface area contributed by atoms with Gasteiger partial charge in [0.1, 0.15) is 5.69 Å². The summed E-state index contributed by atoms with van der Waals surface area (Å²) >= 11 is 0. The number of hydrogen-bond acceptors (Lipinski definition) is 3. The average molecular weight is 256 g/mol. The van der Waals surface area contributed by atoms with Gasteiger partial charge in [0, 0.05) is 31.4 Å². The van der Waals surface area contributed by atoms with Gasteiger partial charge < -0.3 is 10.2 Å². The first kappa shape index (κ1) is 13.9. The highest BCUT2D eigenvalue weighted by molar-refractivity contribution is 5.92. The van der Waals surface area contributed by atoms with Crippen LogP contribution in [0.1, 0.15) is 24.3 Å². The molecule has 0 radical (unpaired) electrons. The molecule has 1 aromatic heterocycles. The molecule has 94 valence electrons. The lowest BCUT2D eigenvalue weighted by molar-refractivity contribution is 0.0646. The molecular weight excluding hydrogens is 238 g/mol. The van der Waals surface area contributed by atoms with Crippen molar-refractivity contribution >= 4 is 18.3 Å². The van der Waals surface area contributed by atoms with Gasteiger partial charge in [0.25, 0.3) is 5.91 Å². The maximum Gasteiger partial charge on any atom is 0.272 e. The fourth-order valence-corrected chi connectivity index (χ4v) is 1.97. The van der Waals surface area contributed by atoms with Gasteiger partial charge in [-0.25, -0.2) is 0 Å². The molecule has 1 saturated heterocycles. The highest BCUT2D eigenvalue weighted by Gasteiger charge is 2.29. The van der Waals surface area contributed by atoms with E-state index in [4.69, 9.17) is 0 Å². The number of carbonyl (C=O) groups excluding carboxylic acids is 1. The van der Waals surface area contributed by atoms with E-state index in [0.29, 0.717) is 5.69 Å². The summed E-state index contributed by atoms with van der Waals surface area (Å²) < 4.78 is 0. The van der Waals surface area contributed by atoms with Crippen molar-refractivity contribution < 1.29 is 4.79 Å². The second kappa shape index (κ2) is 5.47. The third-order valence-corrected chi connectivity index (χ3v) is 2.74. The Kier molecular flexibility index (Phi) is 4.48. The summed E-state index contributed by atoms with van der Waals surface area (Å²) in [7, 11) is 0. The zero-order chi connectivity index (χ0) is 11.6. The second-order valence-electron chi connectivity index (χ2n) is 4.75. The molecule has 2 heterocycles. The third kappa shape index (κ3) is 3.41. The number of aromatic nitrogens is 1. The van der Waals surface area contributed by atoms with Crippen molar-refractivity contribution in [3.8, 4) is 0 Å². The molecule has 1 N–H and O–H groups in total. The van der Waals surface area contributed by atoms with Crippen LogP contribution in [0.2, 0.25) is 0 Å². The first-order valence-corrected chi connectivity index (χ1v) is 5.54. The Balaban J connectivity index is 0.00000144. The molecule has 1 aliphatic heterocycles. The minimum Gasteiger partial charge on any atom is -0.334 e. The molecule has 0 atom stereocenters. The summed E-state index contributed by atoms with van der Waals surface area (Å²) in [4.78, 5) is 18.1. The highest BCUT2D eigenvalue weighted by Crippen LogP contribution is 2.12. The van der Waals surface area contributed by atoms with Gasteiger partial charge in [-0.05, 0) is 26.0 Å². The van der Waals surface area contributed by atoms with Crippen LogP contribution in [0.5, 0.6) is 0 Å². The largest absolute Gasteiger partial charge is 0.334 e. The summed E-state index contributed by atoms with van der Waals surface area (Å²) in [6.07, 6.45) is 1.65. The first-order valence-electron chi connectivity index (χ1n) is 5.54. The Hall–Kier alpha value is -1.13. The van der Waals surface area contributed by atoms with Crippen LogP contribution in [-0.2, 0) is 0 Å². The number of nitrogens with one attached hydrogen (secondary N) is 1. The fourth-order valence-electron chi connectivity index (χ4n) is 1.97. The highest BCUT2D eigenvalue weighted by atomic mass is 35.5. The van der Waals surface area contributed by atoms with E-state index >= 15 is 0 Å². The summed E-state index contributed by atoms with van der Waals surface area (Å²) in [5.41, 5.74) is 0.517. The van der Waals surface area contributed by atoms with Gasteiger partial charge in [-0.15, -0.1) is 12.4 Å². The average Bonchev–Trinajstić information content (AvgIpc) is 2.28. The number of hydrogen-bond donors (Lipinski definition) is 1. The first-order chi connectivity index (χ1) is 7.58. The van der Waals surface area contributed by atoms with E-state index < -0.39 is 0 Å². The minimum absolute atomic E-state index is 0. The topological polar surface area (TPSA) is 45.2 Å². The Labute approximate surface area is 108 Å². The van der Waals surface area contributed by atoms with Crippen molar-refractivity contribution in [1.82, 2.24) is 15.2 Å². The van der Waals surface area contributed by atoms with Gasteiger partial charge in [0.2, 0.25) is 0 Å². The minimum atomic E-state index is -0.0112. The SMILES string of the molecule is CC1(C)CN(C(=O)c2ccccn2)CCN1.Cl. The van der Waals surface area contributed by atoms with Crippen LogP contribution < -0.4 is 5.32 Å². The number of carbonyl (C=O) groups is 1. The molecule has 0 unspecified atom stereocenters. The van der Waals surface area contributed by atoms with Crippen LogP contribution >= 0.6 is 12.4 Å². The van der Waals surface area contributed by atoms with Crippen LogP contribution in [0.15, 0.2) is 24.4 Å². The summed E-state index contributed by atoms with van der Waals surface area (Å²) in [6, 6.07) is 5.42. The molecule has 2 rings (SSSR count). The van der Waals surface area contributed by atoms with Crippen molar-refractivity contribution in [2.45, 2.75) is 19.4 Å². The van der Waals surface area contributed by atoms with E-state index in [-0.39, 0.29) is 23.9 Å². The molecule has 5 heteroatoms. The zero-order valence-corrected chi connectivity index (χ0v) is 11.0. The summed E-state index contributed by atoms with van der Waals surface area (Å²) in [5.74, 6) is 0.0233. The molecule has 1 aliphatic rings. The number of nitrogens with zero attached hydrogens (tertiary/aromatic N) is 2. The number of piperazine rings is 1. The normalized spacial score (nSPS) is 18.4. The standard InChI is InChI=1S/C12H17N3O.ClH/c1-12(2)9-15(8-7-14-12)11(16)10-5-3-4-6-13-10;/h3-6,14H,7-9H2,1-2H3;1H. The number of amides is 1. The predicted molar refractivity (Wildman–Crippen MR) is 69.5 cm³/mol. The molecule has 0 bridgehead atoms. The lowest BCUT2D eigenvalue weighted by atomic mass is 10.0. The Morgan fingerprint density at radius 1 is 1.47 bits per heavy atom. The molecule has 17 heavy (non-hydrogen) atoms. The summed E-state index contributed by atoms with van der Waals surface area (Å²) in [6.45, 7) is 6.52. The molecule has 0 spiro atoms. The Morgan fingerprint density at radius 3 is 2.82 bits per heavy atom. The van der Waals surface area contributed by atoms with Gasteiger partial charge >= 0.3 is 0 Å². The maximum atomic E-state index is 12.1. The van der Waals surface area contributed by atoms with Crippen molar-refractivity contribution in [2.24, 2.45) is 0 Å². The zero-order valence-electron chi connectivity index (χ0n) is 10.1. The lowest BCUT2D eigenvalue weighted by Gasteiger charge is -2.38. The number of rotatable bonds is 1. The molecule has 1 fully saturated rings. The van der Waals surface area contributed by atoms with E-state index in [1.165, 1.54) is 0 Å². The predicted octanol–water partition coefficient (Wildman–Crippen LogP) is 1.33. The van der Waals surface area contributed by atoms with Crippen LogP contribution in [0.3, 0.4) is 0 Å². The Bertz CT molecular complexity index is 381. The van der Waals surface area contributed by atoms with E-state index in [1.54, 1.807) is 12.3 Å². The van der Waals surface area contributed by atoms with Gasteiger partial charge in [0.15, 0.2) is 0 Å². The van der Waals surface area contributed by atoms with Crippen molar-refractivity contribution in [2.75, 3.05) is 19.6 Å². The molecule has 1 amide bonds. The molecular formula is C12H18ClN3O. The van der Waals surface area contributed by atoms with Crippen LogP contribution in [0, 0.1) is 0 Å². The van der Waals surface area contributed by atoms with E-state index in [1.807, 2.05) is 17.0 Å². The Morgan fingerprint density at radius 2 is 2.24 bits per heavy atom. The van der Waals surface area contributed by atoms with Crippen LogP contribution in [0.25, 0.3) is 0 Å². The van der Waals surface area contributed by atoms with Gasteiger partial charge in [-0.3, -0.25) is 9.78 Å². The van der Waals surface area contributed by atoms with Crippen molar-refractivity contribution in [3.05, 3.63) is 30.1 Å². The van der Waals surface area contributed by atoms with Gasteiger partial charge in [0.05, 0.1) is 0 Å². The summed E-state index contributed by atoms with van der Waals surface area (Å²) in [5, 5.41) is 3.38. The van der Waals surface area contributed by atoms with Gasteiger partial charge in [-0.2, -0.15) is 0 Å². The third-order valence-electron chi connectivity index (χ3n) is 2.74. The number of halogens is 1. The molecule has 0 saturated carbocycles. The van der Waals surface area contributed by atoms with Crippen molar-refractivity contribution in [3.63, 3.8) is 0 Å². The maximum absolute atomic E-state index is 12.1. The molecule has 4 nitrogen and oxygen atoms in total. The van der Waals surface area contributed by atoms with Crippen molar-refractivity contribution in [1.29, 1.82) is 0 Å².